The molecule has 2 aromatic rings. The van der Waals surface area contributed by atoms with Crippen LogP contribution in [0.5, 0.6) is 0 Å². The monoisotopic (exact) mass is 343 g/mol. The molecule has 0 spiro atoms. The van der Waals surface area contributed by atoms with Crippen molar-refractivity contribution in [2.24, 2.45) is 10.3 Å². The fourth-order valence-electron chi connectivity index (χ4n) is 3.14. The Morgan fingerprint density at radius 1 is 1.04 bits per heavy atom. The van der Waals surface area contributed by atoms with Gasteiger partial charge in [0, 0.05) is 18.0 Å². The van der Waals surface area contributed by atoms with Gasteiger partial charge in [-0.2, -0.15) is 5.10 Å². The highest BCUT2D eigenvalue weighted by molar-refractivity contribution is 6.48. The number of nitrogens with one attached hydrogen (secondary N) is 1. The first-order chi connectivity index (χ1) is 11.9. The Morgan fingerprint density at radius 3 is 2.24 bits per heavy atom. The summed E-state index contributed by atoms with van der Waals surface area (Å²) in [6, 6.07) is 0. The maximum atomic E-state index is 11.6. The second-order valence-corrected chi connectivity index (χ2v) is 6.34. The summed E-state index contributed by atoms with van der Waals surface area (Å²) < 4.78 is 4.66. The third-order valence-corrected chi connectivity index (χ3v) is 5.20. The zero-order valence-corrected chi connectivity index (χ0v) is 15.0. The van der Waals surface area contributed by atoms with Crippen LogP contribution in [0.4, 0.5) is 5.69 Å². The molecule has 0 radical (unpaired) electrons. The summed E-state index contributed by atoms with van der Waals surface area (Å²) >= 11 is 0. The summed E-state index contributed by atoms with van der Waals surface area (Å²) in [6.45, 7) is 10.3. The molecule has 0 amide bonds. The minimum Gasteiger partial charge on any atom is -0.411 e. The van der Waals surface area contributed by atoms with E-state index in [-0.39, 0.29) is 0 Å². The Labute approximate surface area is 145 Å². The molecule has 0 atom stereocenters. The van der Waals surface area contributed by atoms with E-state index < -0.39 is 0 Å². The number of anilines is 1. The van der Waals surface area contributed by atoms with Crippen molar-refractivity contribution in [2.45, 2.75) is 47.5 Å². The lowest BCUT2D eigenvalue weighted by Gasteiger charge is -2.18. The molecule has 1 aliphatic carbocycles. The van der Waals surface area contributed by atoms with Gasteiger partial charge in [-0.05, 0) is 67.3 Å². The minimum absolute atomic E-state index is 0.303. The van der Waals surface area contributed by atoms with Gasteiger partial charge in [0.25, 0.3) is 5.69 Å². The summed E-state index contributed by atoms with van der Waals surface area (Å²) in [5.74, 6) is 0. The standard InChI is InChI=1S/C17H21N5O3/c1-8-9(2)11(4)15(12(5)10(8)3)18-19-16-13(20-23)6-7-14-17(16)21-25-22(14)24/h18,23H,6-7H2,1-5H3/b19-16+,20-13+. The Balaban J connectivity index is 2.08. The number of fused-ring (bicyclic) bond motifs is 1. The van der Waals surface area contributed by atoms with Crippen LogP contribution >= 0.6 is 0 Å². The largest absolute Gasteiger partial charge is 0.411 e. The first-order valence-electron chi connectivity index (χ1n) is 8.07. The molecular weight excluding hydrogens is 322 g/mol. The molecule has 0 fully saturated rings. The number of benzene rings is 1. The molecule has 2 N–H and O–H groups in total. The molecule has 25 heavy (non-hydrogen) atoms. The number of hydrogen-bond acceptors (Lipinski definition) is 7. The van der Waals surface area contributed by atoms with E-state index in [0.29, 0.717) is 40.6 Å². The van der Waals surface area contributed by atoms with Crippen LogP contribution in [-0.4, -0.2) is 21.8 Å². The van der Waals surface area contributed by atoms with Crippen molar-refractivity contribution in [3.63, 3.8) is 0 Å². The Hall–Kier alpha value is -2.90. The molecule has 1 heterocycles. The summed E-state index contributed by atoms with van der Waals surface area (Å²) in [5, 5.41) is 32.3. The van der Waals surface area contributed by atoms with E-state index >= 15 is 0 Å². The zero-order valence-electron chi connectivity index (χ0n) is 15.0. The molecule has 3 rings (SSSR count). The van der Waals surface area contributed by atoms with E-state index in [0.717, 1.165) is 16.8 Å². The topological polar surface area (TPSA) is 110 Å². The molecule has 0 saturated heterocycles. The zero-order chi connectivity index (χ0) is 18.3. The third-order valence-electron chi connectivity index (χ3n) is 5.20. The fraction of sp³-hybridized carbons (Fsp3) is 0.412. The number of hydrogen-bond donors (Lipinski definition) is 2. The van der Waals surface area contributed by atoms with Gasteiger partial charge < -0.3 is 10.4 Å². The van der Waals surface area contributed by atoms with Gasteiger partial charge in [0.1, 0.15) is 5.71 Å². The van der Waals surface area contributed by atoms with Gasteiger partial charge in [0.05, 0.1) is 5.69 Å². The number of rotatable bonds is 2. The molecule has 0 bridgehead atoms. The van der Waals surface area contributed by atoms with Crippen molar-refractivity contribution in [1.29, 1.82) is 0 Å². The lowest BCUT2D eigenvalue weighted by Crippen LogP contribution is -2.34. The summed E-state index contributed by atoms with van der Waals surface area (Å²) in [4.78, 5) is 0.371. The van der Waals surface area contributed by atoms with Gasteiger partial charge in [-0.3, -0.25) is 10.1 Å². The van der Waals surface area contributed by atoms with Crippen LogP contribution in [0.3, 0.4) is 0 Å². The van der Waals surface area contributed by atoms with Crippen LogP contribution < -0.4 is 10.3 Å². The first kappa shape index (κ1) is 16.9. The van der Waals surface area contributed by atoms with Crippen LogP contribution in [0.15, 0.2) is 14.9 Å². The summed E-state index contributed by atoms with van der Waals surface area (Å²) in [7, 11) is 0. The van der Waals surface area contributed by atoms with Crippen LogP contribution in [0.25, 0.3) is 0 Å². The van der Waals surface area contributed by atoms with Crippen molar-refractivity contribution in [2.75, 3.05) is 5.43 Å². The molecule has 0 aliphatic heterocycles. The second-order valence-electron chi connectivity index (χ2n) is 6.34. The van der Waals surface area contributed by atoms with Gasteiger partial charge in [0.2, 0.25) is 5.69 Å². The van der Waals surface area contributed by atoms with Crippen molar-refractivity contribution in [3.8, 4) is 0 Å². The van der Waals surface area contributed by atoms with Crippen molar-refractivity contribution in [1.82, 2.24) is 5.16 Å². The van der Waals surface area contributed by atoms with Gasteiger partial charge in [-0.15, -0.1) is 0 Å². The Bertz CT molecular complexity index is 882. The normalized spacial score (nSPS) is 17.2. The summed E-state index contributed by atoms with van der Waals surface area (Å²) in [5.41, 5.74) is 11.2. The highest BCUT2D eigenvalue weighted by Gasteiger charge is 2.33. The quantitative estimate of drug-likeness (QED) is 0.494. The molecule has 132 valence electrons. The lowest BCUT2D eigenvalue weighted by atomic mass is 9.93. The number of oxime groups is 1. The molecule has 1 aromatic carbocycles. The smallest absolute Gasteiger partial charge is 0.273 e. The number of hydrazone groups is 1. The molecule has 0 saturated carbocycles. The second kappa shape index (κ2) is 6.19. The number of aromatic nitrogens is 2. The van der Waals surface area contributed by atoms with E-state index in [1.807, 2.05) is 13.8 Å². The van der Waals surface area contributed by atoms with Crippen molar-refractivity contribution in [3.05, 3.63) is 44.4 Å². The molecular formula is C17H21N5O3. The van der Waals surface area contributed by atoms with Gasteiger partial charge >= 0.3 is 0 Å². The van der Waals surface area contributed by atoms with E-state index in [2.05, 4.69) is 46.2 Å². The Morgan fingerprint density at radius 2 is 1.64 bits per heavy atom. The van der Waals surface area contributed by atoms with Gasteiger partial charge in [0.15, 0.2) is 5.71 Å². The Kier molecular flexibility index (Phi) is 4.20. The van der Waals surface area contributed by atoms with E-state index in [1.54, 1.807) is 0 Å². The third kappa shape index (κ3) is 2.63. The first-order valence-corrected chi connectivity index (χ1v) is 8.07. The van der Waals surface area contributed by atoms with Crippen LogP contribution in [0, 0.1) is 39.8 Å². The lowest BCUT2D eigenvalue weighted by molar-refractivity contribution is -0.807. The van der Waals surface area contributed by atoms with Crippen molar-refractivity contribution >= 4 is 17.1 Å². The SMILES string of the molecule is Cc1c(C)c(C)c(N/N=C2\C(=N\O)CCc3c2no[n+]3[O-])c(C)c1C. The van der Waals surface area contributed by atoms with Crippen LogP contribution in [0.1, 0.15) is 45.6 Å². The maximum absolute atomic E-state index is 11.6. The minimum atomic E-state index is 0.303. The van der Waals surface area contributed by atoms with E-state index in [4.69, 9.17) is 0 Å². The van der Waals surface area contributed by atoms with Gasteiger partial charge in [-0.1, -0.05) is 5.16 Å². The van der Waals surface area contributed by atoms with E-state index in [9.17, 15) is 10.4 Å². The molecule has 8 heteroatoms. The maximum Gasteiger partial charge on any atom is 0.273 e. The average molecular weight is 343 g/mol. The van der Waals surface area contributed by atoms with Gasteiger partial charge in [-0.25, -0.2) is 0 Å². The van der Waals surface area contributed by atoms with Crippen molar-refractivity contribution < 1.29 is 14.7 Å². The molecule has 1 aromatic heterocycles. The van der Waals surface area contributed by atoms with Crippen LogP contribution in [0.2, 0.25) is 0 Å². The predicted octanol–water partition coefficient (Wildman–Crippen LogP) is 2.44. The molecule has 8 nitrogen and oxygen atoms in total. The predicted molar refractivity (Wildman–Crippen MR) is 93.3 cm³/mol. The van der Waals surface area contributed by atoms with Crippen LogP contribution in [-0.2, 0) is 6.42 Å². The average Bonchev–Trinajstić information content (AvgIpc) is 2.99. The van der Waals surface area contributed by atoms with E-state index in [1.165, 1.54) is 16.7 Å². The molecule has 0 unspecified atom stereocenters. The highest BCUT2D eigenvalue weighted by atomic mass is 16.8. The highest BCUT2D eigenvalue weighted by Crippen LogP contribution is 2.30. The molecule has 1 aliphatic rings. The summed E-state index contributed by atoms with van der Waals surface area (Å²) in [6.07, 6.45) is 0.777. The number of nitrogens with zero attached hydrogens (tertiary/aromatic N) is 4. The fourth-order valence-corrected chi connectivity index (χ4v) is 3.14.